The second-order valence-corrected chi connectivity index (χ2v) is 4.97. The van der Waals surface area contributed by atoms with E-state index in [2.05, 4.69) is 19.6 Å². The molecule has 2 heterocycles. The number of nitrogens with zero attached hydrogens (tertiary/aromatic N) is 2. The highest BCUT2D eigenvalue weighted by atomic mass is 32.1. The third-order valence-corrected chi connectivity index (χ3v) is 3.81. The van der Waals surface area contributed by atoms with Gasteiger partial charge in [-0.05, 0) is 29.9 Å². The quantitative estimate of drug-likeness (QED) is 0.871. The van der Waals surface area contributed by atoms with Gasteiger partial charge in [-0.15, -0.1) is 16.4 Å². The van der Waals surface area contributed by atoms with Gasteiger partial charge < -0.3 is 10.1 Å². The Balaban J connectivity index is 2.20. The van der Waals surface area contributed by atoms with Crippen LogP contribution in [-0.4, -0.2) is 28.6 Å². The predicted octanol–water partition coefficient (Wildman–Crippen LogP) is 1.95. The van der Waals surface area contributed by atoms with Crippen LogP contribution in [0.4, 0.5) is 5.00 Å². The predicted molar refractivity (Wildman–Crippen MR) is 68.3 cm³/mol. The van der Waals surface area contributed by atoms with Crippen molar-refractivity contribution < 1.29 is 14.3 Å². The third-order valence-electron chi connectivity index (χ3n) is 2.16. The van der Waals surface area contributed by atoms with Crippen LogP contribution in [0.25, 0.3) is 0 Å². The summed E-state index contributed by atoms with van der Waals surface area (Å²) >= 11 is 2.27. The number of esters is 1. The lowest BCUT2D eigenvalue weighted by molar-refractivity contribution is 0.0602. The van der Waals surface area contributed by atoms with E-state index in [1.165, 1.54) is 18.4 Å². The van der Waals surface area contributed by atoms with Crippen LogP contribution in [-0.2, 0) is 4.74 Å². The van der Waals surface area contributed by atoms with Gasteiger partial charge in [0.25, 0.3) is 5.91 Å². The minimum atomic E-state index is -0.481. The summed E-state index contributed by atoms with van der Waals surface area (Å²) in [6, 6.07) is 1.60. The van der Waals surface area contributed by atoms with E-state index in [9.17, 15) is 9.59 Å². The molecule has 0 spiro atoms. The molecule has 0 aliphatic rings. The lowest BCUT2D eigenvalue weighted by Crippen LogP contribution is -2.13. The summed E-state index contributed by atoms with van der Waals surface area (Å²) in [5.74, 6) is -0.805. The van der Waals surface area contributed by atoms with Crippen LogP contribution in [0, 0.1) is 6.92 Å². The zero-order chi connectivity index (χ0) is 13.1. The van der Waals surface area contributed by atoms with E-state index in [0.717, 1.165) is 11.5 Å². The van der Waals surface area contributed by atoms with Crippen LogP contribution in [0.15, 0.2) is 11.4 Å². The van der Waals surface area contributed by atoms with Gasteiger partial charge in [0.05, 0.1) is 18.4 Å². The Morgan fingerprint density at radius 1 is 1.44 bits per heavy atom. The van der Waals surface area contributed by atoms with Crippen LogP contribution >= 0.6 is 22.9 Å². The summed E-state index contributed by atoms with van der Waals surface area (Å²) in [6.45, 7) is 1.70. The van der Waals surface area contributed by atoms with Crippen molar-refractivity contribution in [3.05, 3.63) is 27.6 Å². The van der Waals surface area contributed by atoms with Gasteiger partial charge in [0, 0.05) is 0 Å². The Bertz CT molecular complexity index is 591. The maximum absolute atomic E-state index is 11.9. The largest absolute Gasteiger partial charge is 0.465 e. The molecule has 18 heavy (non-hydrogen) atoms. The first-order chi connectivity index (χ1) is 8.63. The van der Waals surface area contributed by atoms with Crippen molar-refractivity contribution in [1.29, 1.82) is 0 Å². The zero-order valence-electron chi connectivity index (χ0n) is 9.59. The number of aryl methyl sites for hydroxylation is 1. The Morgan fingerprint density at radius 2 is 2.22 bits per heavy atom. The summed E-state index contributed by atoms with van der Waals surface area (Å²) in [7, 11) is 1.29. The zero-order valence-corrected chi connectivity index (χ0v) is 11.2. The first-order valence-electron chi connectivity index (χ1n) is 4.89. The van der Waals surface area contributed by atoms with E-state index in [1.807, 2.05) is 0 Å². The molecule has 1 amide bonds. The van der Waals surface area contributed by atoms with Gasteiger partial charge in [0.2, 0.25) is 0 Å². The summed E-state index contributed by atoms with van der Waals surface area (Å²) in [4.78, 5) is 23.8. The first kappa shape index (κ1) is 12.7. The molecule has 0 aliphatic heterocycles. The fraction of sp³-hybridized carbons (Fsp3) is 0.200. The second-order valence-electron chi connectivity index (χ2n) is 3.30. The smallest absolute Gasteiger partial charge is 0.340 e. The topological polar surface area (TPSA) is 81.2 Å². The first-order valence-corrected chi connectivity index (χ1v) is 6.55. The fourth-order valence-corrected chi connectivity index (χ4v) is 2.60. The fourth-order valence-electron chi connectivity index (χ4n) is 1.28. The molecule has 0 saturated heterocycles. The number of ether oxygens (including phenoxy) is 1. The van der Waals surface area contributed by atoms with E-state index < -0.39 is 5.97 Å². The number of aromatic nitrogens is 2. The molecule has 8 heteroatoms. The van der Waals surface area contributed by atoms with Crippen molar-refractivity contribution in [2.24, 2.45) is 0 Å². The molecular formula is C10H9N3O3S2. The maximum Gasteiger partial charge on any atom is 0.340 e. The average molecular weight is 283 g/mol. The van der Waals surface area contributed by atoms with Crippen molar-refractivity contribution in [2.45, 2.75) is 6.92 Å². The lowest BCUT2D eigenvalue weighted by atomic mass is 10.3. The normalized spacial score (nSPS) is 10.1. The van der Waals surface area contributed by atoms with Crippen molar-refractivity contribution in [2.75, 3.05) is 12.4 Å². The number of methoxy groups -OCH3 is 1. The van der Waals surface area contributed by atoms with Gasteiger partial charge in [-0.2, -0.15) is 0 Å². The minimum absolute atomic E-state index is 0.324. The average Bonchev–Trinajstić information content (AvgIpc) is 2.97. The molecule has 94 valence electrons. The van der Waals surface area contributed by atoms with Gasteiger partial charge in [0.15, 0.2) is 0 Å². The van der Waals surface area contributed by atoms with E-state index in [4.69, 9.17) is 0 Å². The number of hydrogen-bond donors (Lipinski definition) is 1. The van der Waals surface area contributed by atoms with E-state index >= 15 is 0 Å². The maximum atomic E-state index is 11.9. The molecule has 6 nitrogen and oxygen atoms in total. The van der Waals surface area contributed by atoms with Gasteiger partial charge >= 0.3 is 5.97 Å². The van der Waals surface area contributed by atoms with Crippen molar-refractivity contribution in [1.82, 2.24) is 9.59 Å². The molecule has 0 radical (unpaired) electrons. The highest BCUT2D eigenvalue weighted by Crippen LogP contribution is 2.25. The van der Waals surface area contributed by atoms with Gasteiger partial charge in [-0.3, -0.25) is 4.79 Å². The highest BCUT2D eigenvalue weighted by Gasteiger charge is 2.18. The molecule has 0 aromatic carbocycles. The molecule has 0 atom stereocenters. The van der Waals surface area contributed by atoms with Gasteiger partial charge in [-0.25, -0.2) is 4.79 Å². The summed E-state index contributed by atoms with van der Waals surface area (Å²) in [5.41, 5.74) is 0.902. The lowest BCUT2D eigenvalue weighted by Gasteiger charge is -2.03. The molecule has 0 bridgehead atoms. The van der Waals surface area contributed by atoms with Crippen molar-refractivity contribution >= 4 is 39.7 Å². The van der Waals surface area contributed by atoms with Crippen LogP contribution < -0.4 is 5.32 Å². The van der Waals surface area contributed by atoms with Crippen LogP contribution in [0.3, 0.4) is 0 Å². The summed E-state index contributed by atoms with van der Waals surface area (Å²) < 4.78 is 8.31. The third kappa shape index (κ3) is 2.39. The number of rotatable bonds is 3. The number of hydrogen-bond acceptors (Lipinski definition) is 7. The number of carbonyl (C=O) groups excluding carboxylic acids is 2. The molecule has 2 aromatic rings. The van der Waals surface area contributed by atoms with Crippen LogP contribution in [0.5, 0.6) is 0 Å². The Labute approximate surface area is 111 Å². The van der Waals surface area contributed by atoms with Crippen LogP contribution in [0.1, 0.15) is 25.7 Å². The summed E-state index contributed by atoms with van der Waals surface area (Å²) in [6.07, 6.45) is 0. The van der Waals surface area contributed by atoms with E-state index in [0.29, 0.717) is 21.1 Å². The van der Waals surface area contributed by atoms with Crippen molar-refractivity contribution in [3.8, 4) is 0 Å². The van der Waals surface area contributed by atoms with Crippen LogP contribution in [0.2, 0.25) is 0 Å². The van der Waals surface area contributed by atoms with Gasteiger partial charge in [-0.1, -0.05) is 4.49 Å². The number of amides is 1. The van der Waals surface area contributed by atoms with E-state index in [1.54, 1.807) is 18.4 Å². The Hall–Kier alpha value is -1.80. The highest BCUT2D eigenvalue weighted by molar-refractivity contribution is 7.15. The van der Waals surface area contributed by atoms with Gasteiger partial charge in [0.1, 0.15) is 9.88 Å². The monoisotopic (exact) mass is 283 g/mol. The molecule has 0 fully saturated rings. The summed E-state index contributed by atoms with van der Waals surface area (Å²) in [5, 5.41) is 8.58. The molecule has 2 rings (SSSR count). The Morgan fingerprint density at radius 3 is 2.83 bits per heavy atom. The molecule has 2 aromatic heterocycles. The SMILES string of the molecule is COC(=O)c1ccsc1NC(=O)c1snnc1C. The molecule has 0 aliphatic carbocycles. The second kappa shape index (κ2) is 5.23. The minimum Gasteiger partial charge on any atom is -0.465 e. The molecule has 0 unspecified atom stereocenters. The number of carbonyl (C=O) groups is 2. The number of thiophene rings is 1. The Kier molecular flexibility index (Phi) is 3.68. The number of nitrogens with one attached hydrogen (secondary N) is 1. The number of anilines is 1. The molecule has 0 saturated carbocycles. The van der Waals surface area contributed by atoms with E-state index in [-0.39, 0.29) is 5.91 Å². The van der Waals surface area contributed by atoms with Crippen molar-refractivity contribution in [3.63, 3.8) is 0 Å². The standard InChI is InChI=1S/C10H9N3O3S2/c1-5-7(18-13-12-5)8(14)11-9-6(3-4-17-9)10(15)16-2/h3-4H,1-2H3,(H,11,14). The molecular weight excluding hydrogens is 274 g/mol. The molecule has 1 N–H and O–H groups in total.